The molecule has 3 N–H and O–H groups in total. The van der Waals surface area contributed by atoms with Crippen LogP contribution in [0.25, 0.3) is 0 Å². The molecule has 1 saturated heterocycles. The van der Waals surface area contributed by atoms with E-state index in [1.807, 2.05) is 0 Å². The number of aromatic nitrogens is 4. The van der Waals surface area contributed by atoms with E-state index >= 15 is 0 Å². The average molecular weight is 367 g/mol. The quantitative estimate of drug-likeness (QED) is 0.419. The molecule has 1 aliphatic heterocycles. The van der Waals surface area contributed by atoms with E-state index in [1.54, 1.807) is 7.05 Å². The standard InChI is InChI=1S/C9H17N7O.HI/c1-16-14-8(13-15-16)6-12-9(10)11-5-7-3-2-4-17-7;/h7H,2-6H2,1H3,(H3,10,11,12);1H. The Hall–Kier alpha value is -0.970. The molecule has 1 unspecified atom stereocenters. The lowest BCUT2D eigenvalue weighted by molar-refractivity contribution is 0.114. The SMILES string of the molecule is Cn1nnc(CN=C(N)NCC2CCCO2)n1.I. The van der Waals surface area contributed by atoms with Gasteiger partial charge in [0.05, 0.1) is 13.2 Å². The number of aliphatic imine (C=N–C) groups is 1. The van der Waals surface area contributed by atoms with Gasteiger partial charge in [0.25, 0.3) is 0 Å². The summed E-state index contributed by atoms with van der Waals surface area (Å²) in [5.74, 6) is 0.933. The zero-order chi connectivity index (χ0) is 12.1. The number of halogens is 1. The van der Waals surface area contributed by atoms with Gasteiger partial charge in [-0.3, -0.25) is 0 Å². The summed E-state index contributed by atoms with van der Waals surface area (Å²) in [6.45, 7) is 1.87. The minimum absolute atomic E-state index is 0. The predicted molar refractivity (Wildman–Crippen MR) is 76.5 cm³/mol. The highest BCUT2D eigenvalue weighted by atomic mass is 127. The van der Waals surface area contributed by atoms with E-state index in [0.717, 1.165) is 19.4 Å². The normalized spacial score (nSPS) is 19.6. The van der Waals surface area contributed by atoms with Crippen molar-refractivity contribution in [1.29, 1.82) is 0 Å². The van der Waals surface area contributed by atoms with E-state index in [-0.39, 0.29) is 30.1 Å². The van der Waals surface area contributed by atoms with E-state index in [4.69, 9.17) is 10.5 Å². The molecular formula is C9H18IN7O. The van der Waals surface area contributed by atoms with Crippen LogP contribution in [0.1, 0.15) is 18.7 Å². The molecule has 1 atom stereocenters. The molecule has 0 bridgehead atoms. The lowest BCUT2D eigenvalue weighted by atomic mass is 10.2. The van der Waals surface area contributed by atoms with Gasteiger partial charge < -0.3 is 15.8 Å². The molecule has 0 amide bonds. The summed E-state index contributed by atoms with van der Waals surface area (Å²) in [6.07, 6.45) is 2.44. The van der Waals surface area contributed by atoms with E-state index in [9.17, 15) is 0 Å². The molecule has 1 aromatic rings. The second kappa shape index (κ2) is 7.46. The van der Waals surface area contributed by atoms with Crippen molar-refractivity contribution in [1.82, 2.24) is 25.5 Å². The molecule has 1 aliphatic rings. The number of rotatable bonds is 4. The van der Waals surface area contributed by atoms with Crippen molar-refractivity contribution in [3.63, 3.8) is 0 Å². The minimum atomic E-state index is 0. The van der Waals surface area contributed by atoms with Crippen LogP contribution in [0.4, 0.5) is 0 Å². The Morgan fingerprint density at radius 1 is 1.67 bits per heavy atom. The Kier molecular flexibility index (Phi) is 6.25. The van der Waals surface area contributed by atoms with Gasteiger partial charge in [-0.25, -0.2) is 4.99 Å². The molecule has 1 aromatic heterocycles. The first-order chi connectivity index (χ1) is 8.24. The highest BCUT2D eigenvalue weighted by Gasteiger charge is 2.14. The average Bonchev–Trinajstić information content (AvgIpc) is 2.95. The zero-order valence-electron chi connectivity index (χ0n) is 10.2. The fourth-order valence-corrected chi connectivity index (χ4v) is 1.62. The predicted octanol–water partition coefficient (Wildman–Crippen LogP) is -0.589. The monoisotopic (exact) mass is 367 g/mol. The fourth-order valence-electron chi connectivity index (χ4n) is 1.62. The van der Waals surface area contributed by atoms with Crippen LogP contribution < -0.4 is 11.1 Å². The Morgan fingerprint density at radius 3 is 3.11 bits per heavy atom. The molecule has 9 heteroatoms. The molecule has 0 spiro atoms. The second-order valence-electron chi connectivity index (χ2n) is 3.91. The maximum Gasteiger partial charge on any atom is 0.196 e. The van der Waals surface area contributed by atoms with Crippen molar-refractivity contribution in [2.75, 3.05) is 13.2 Å². The van der Waals surface area contributed by atoms with E-state index in [0.29, 0.717) is 24.9 Å². The number of tetrazole rings is 1. The number of nitrogens with zero attached hydrogens (tertiary/aromatic N) is 5. The summed E-state index contributed by atoms with van der Waals surface area (Å²) in [6, 6.07) is 0. The van der Waals surface area contributed by atoms with Gasteiger partial charge in [-0.1, -0.05) is 0 Å². The lowest BCUT2D eigenvalue weighted by Crippen LogP contribution is -2.37. The van der Waals surface area contributed by atoms with E-state index < -0.39 is 0 Å². The number of aryl methyl sites for hydroxylation is 1. The van der Waals surface area contributed by atoms with E-state index in [2.05, 4.69) is 25.7 Å². The van der Waals surface area contributed by atoms with Crippen molar-refractivity contribution < 1.29 is 4.74 Å². The smallest absolute Gasteiger partial charge is 0.196 e. The van der Waals surface area contributed by atoms with E-state index in [1.165, 1.54) is 4.80 Å². The molecule has 18 heavy (non-hydrogen) atoms. The van der Waals surface area contributed by atoms with Crippen LogP contribution >= 0.6 is 24.0 Å². The molecule has 2 heterocycles. The van der Waals surface area contributed by atoms with Gasteiger partial charge in [-0.15, -0.1) is 34.2 Å². The summed E-state index contributed by atoms with van der Waals surface area (Å²) < 4.78 is 5.46. The van der Waals surface area contributed by atoms with Crippen molar-refractivity contribution in [3.8, 4) is 0 Å². The van der Waals surface area contributed by atoms with Crippen LogP contribution in [0, 0.1) is 0 Å². The topological polar surface area (TPSA) is 103 Å². The molecule has 2 rings (SSSR count). The van der Waals surface area contributed by atoms with Gasteiger partial charge in [0.15, 0.2) is 11.8 Å². The fraction of sp³-hybridized carbons (Fsp3) is 0.778. The number of hydrogen-bond donors (Lipinski definition) is 2. The second-order valence-corrected chi connectivity index (χ2v) is 3.91. The first-order valence-corrected chi connectivity index (χ1v) is 5.62. The highest BCUT2D eigenvalue weighted by molar-refractivity contribution is 14.0. The molecule has 102 valence electrons. The lowest BCUT2D eigenvalue weighted by Gasteiger charge is -2.10. The van der Waals surface area contributed by atoms with Crippen molar-refractivity contribution in [2.24, 2.45) is 17.8 Å². The van der Waals surface area contributed by atoms with Crippen LogP contribution in [0.15, 0.2) is 4.99 Å². The number of guanidine groups is 1. The van der Waals surface area contributed by atoms with Crippen LogP contribution in [0.2, 0.25) is 0 Å². The first kappa shape index (κ1) is 15.1. The third-order valence-corrected chi connectivity index (χ3v) is 2.48. The summed E-state index contributed by atoms with van der Waals surface area (Å²) in [5.41, 5.74) is 5.71. The molecule has 0 aromatic carbocycles. The molecule has 1 fully saturated rings. The molecule has 0 saturated carbocycles. The van der Waals surface area contributed by atoms with Gasteiger partial charge in [-0.2, -0.15) is 4.80 Å². The zero-order valence-corrected chi connectivity index (χ0v) is 12.6. The van der Waals surface area contributed by atoms with Crippen LogP contribution in [-0.2, 0) is 18.3 Å². The Balaban J connectivity index is 0.00000162. The largest absolute Gasteiger partial charge is 0.376 e. The number of nitrogens with one attached hydrogen (secondary N) is 1. The van der Waals surface area contributed by atoms with Gasteiger partial charge in [0.2, 0.25) is 0 Å². The summed E-state index contributed by atoms with van der Waals surface area (Å²) >= 11 is 0. The maximum atomic E-state index is 5.71. The van der Waals surface area contributed by atoms with Crippen molar-refractivity contribution >= 4 is 29.9 Å². The minimum Gasteiger partial charge on any atom is -0.376 e. The van der Waals surface area contributed by atoms with Gasteiger partial charge in [-0.05, 0) is 18.1 Å². The summed E-state index contributed by atoms with van der Waals surface area (Å²) in [5, 5.41) is 14.5. The Labute approximate surface area is 122 Å². The number of nitrogens with two attached hydrogens (primary N) is 1. The Morgan fingerprint density at radius 2 is 2.50 bits per heavy atom. The first-order valence-electron chi connectivity index (χ1n) is 5.62. The third kappa shape index (κ3) is 4.72. The van der Waals surface area contributed by atoms with Crippen molar-refractivity contribution in [2.45, 2.75) is 25.5 Å². The molecule has 0 aliphatic carbocycles. The van der Waals surface area contributed by atoms with Crippen LogP contribution in [-0.4, -0.2) is 45.4 Å². The molecule has 0 radical (unpaired) electrons. The van der Waals surface area contributed by atoms with Crippen LogP contribution in [0.5, 0.6) is 0 Å². The third-order valence-electron chi connectivity index (χ3n) is 2.48. The number of ether oxygens (including phenoxy) is 1. The van der Waals surface area contributed by atoms with Crippen molar-refractivity contribution in [3.05, 3.63) is 5.82 Å². The molecule has 8 nitrogen and oxygen atoms in total. The maximum absolute atomic E-state index is 5.71. The van der Waals surface area contributed by atoms with Gasteiger partial charge >= 0.3 is 0 Å². The summed E-state index contributed by atoms with van der Waals surface area (Å²) in [4.78, 5) is 5.51. The van der Waals surface area contributed by atoms with Gasteiger partial charge in [0.1, 0.15) is 6.54 Å². The highest BCUT2D eigenvalue weighted by Crippen LogP contribution is 2.10. The molecular weight excluding hydrogens is 349 g/mol. The summed E-state index contributed by atoms with van der Waals surface area (Å²) in [7, 11) is 1.71. The number of hydrogen-bond acceptors (Lipinski definition) is 5. The van der Waals surface area contributed by atoms with Gasteiger partial charge in [0, 0.05) is 13.2 Å². The Bertz CT molecular complexity index is 388. The van der Waals surface area contributed by atoms with Crippen LogP contribution in [0.3, 0.4) is 0 Å².